The number of aromatic hydroxyl groups is 1. The van der Waals surface area contributed by atoms with Crippen molar-refractivity contribution in [2.45, 2.75) is 0 Å². The van der Waals surface area contributed by atoms with Crippen LogP contribution in [0, 0.1) is 0 Å². The molecule has 0 radical (unpaired) electrons. The first kappa shape index (κ1) is 14.5. The van der Waals surface area contributed by atoms with Crippen molar-refractivity contribution in [3.63, 3.8) is 0 Å². The van der Waals surface area contributed by atoms with Crippen LogP contribution in [0.15, 0.2) is 28.9 Å². The van der Waals surface area contributed by atoms with Gasteiger partial charge in [0.15, 0.2) is 11.3 Å². The van der Waals surface area contributed by atoms with Crippen LogP contribution in [0.25, 0.3) is 17.0 Å². The van der Waals surface area contributed by atoms with Crippen molar-refractivity contribution in [3.8, 4) is 11.5 Å². The number of phenolic OH excluding ortho intramolecular Hbond substituents is 1. The van der Waals surface area contributed by atoms with Crippen molar-refractivity contribution in [2.75, 3.05) is 33.4 Å². The molecule has 2 heterocycles. The molecule has 22 heavy (non-hydrogen) atoms. The normalized spacial score (nSPS) is 15.6. The quantitative estimate of drug-likeness (QED) is 0.878. The van der Waals surface area contributed by atoms with E-state index >= 15 is 0 Å². The Labute approximate surface area is 127 Å². The lowest BCUT2D eigenvalue weighted by molar-refractivity contribution is -0.129. The predicted molar refractivity (Wildman–Crippen MR) is 80.9 cm³/mol. The summed E-state index contributed by atoms with van der Waals surface area (Å²) in [4.78, 5) is 13.8. The number of rotatable bonds is 3. The van der Waals surface area contributed by atoms with Crippen LogP contribution < -0.4 is 4.74 Å². The summed E-state index contributed by atoms with van der Waals surface area (Å²) in [7, 11) is 1.46. The number of amides is 1. The van der Waals surface area contributed by atoms with Crippen LogP contribution in [-0.4, -0.2) is 49.3 Å². The van der Waals surface area contributed by atoms with Crippen molar-refractivity contribution in [1.29, 1.82) is 0 Å². The fraction of sp³-hybridized carbons (Fsp3) is 0.312. The highest BCUT2D eigenvalue weighted by atomic mass is 16.5. The highest BCUT2D eigenvalue weighted by Gasteiger charge is 2.16. The number of morpholine rings is 1. The number of hydrogen-bond donors (Lipinski definition) is 1. The van der Waals surface area contributed by atoms with Gasteiger partial charge < -0.3 is 23.9 Å². The van der Waals surface area contributed by atoms with E-state index < -0.39 is 0 Å². The summed E-state index contributed by atoms with van der Waals surface area (Å²) in [5.74, 6) is 0.117. The van der Waals surface area contributed by atoms with Crippen LogP contribution in [0.2, 0.25) is 0 Å². The predicted octanol–water partition coefficient (Wildman–Crippen LogP) is 2.02. The summed E-state index contributed by atoms with van der Waals surface area (Å²) in [6.07, 6.45) is 4.56. The second-order valence-corrected chi connectivity index (χ2v) is 4.96. The molecule has 1 aliphatic rings. The lowest BCUT2D eigenvalue weighted by Crippen LogP contribution is -2.39. The number of carbonyl (C=O) groups is 1. The Bertz CT molecular complexity index is 713. The van der Waals surface area contributed by atoms with Crippen molar-refractivity contribution < 1.29 is 23.8 Å². The van der Waals surface area contributed by atoms with Gasteiger partial charge in [0.1, 0.15) is 0 Å². The number of phenols is 1. The third-order valence-corrected chi connectivity index (χ3v) is 3.63. The highest BCUT2D eigenvalue weighted by Crippen LogP contribution is 2.39. The SMILES string of the molecule is COc1c(O)c(C=CC(=O)N2CCOCC2)cc2ccoc12. The van der Waals surface area contributed by atoms with Gasteiger partial charge in [-0.05, 0) is 18.2 Å². The molecule has 1 aliphatic heterocycles. The average molecular weight is 303 g/mol. The van der Waals surface area contributed by atoms with Crippen LogP contribution in [0.1, 0.15) is 5.56 Å². The molecule has 0 saturated carbocycles. The number of methoxy groups -OCH3 is 1. The zero-order valence-corrected chi connectivity index (χ0v) is 12.2. The minimum Gasteiger partial charge on any atom is -0.504 e. The molecule has 3 rings (SSSR count). The molecule has 1 saturated heterocycles. The fourth-order valence-corrected chi connectivity index (χ4v) is 2.46. The standard InChI is InChI=1S/C16H17NO5/c1-20-16-14(19)11(10-12-4-7-22-15(12)16)2-3-13(18)17-5-8-21-9-6-17/h2-4,7,10,19H,5-6,8-9H2,1H3. The van der Waals surface area contributed by atoms with E-state index in [1.807, 2.05) is 0 Å². The van der Waals surface area contributed by atoms with Gasteiger partial charge in [-0.2, -0.15) is 0 Å². The maximum absolute atomic E-state index is 12.1. The van der Waals surface area contributed by atoms with Gasteiger partial charge in [-0.15, -0.1) is 0 Å². The molecule has 1 aromatic heterocycles. The van der Waals surface area contributed by atoms with Gasteiger partial charge in [0.05, 0.1) is 26.6 Å². The largest absolute Gasteiger partial charge is 0.504 e. The Morgan fingerprint density at radius 2 is 2.18 bits per heavy atom. The van der Waals surface area contributed by atoms with Gasteiger partial charge in [-0.1, -0.05) is 0 Å². The monoisotopic (exact) mass is 303 g/mol. The van der Waals surface area contributed by atoms with Crippen LogP contribution in [0.3, 0.4) is 0 Å². The lowest BCUT2D eigenvalue weighted by atomic mass is 10.1. The molecule has 0 aliphatic carbocycles. The molecule has 0 unspecified atom stereocenters. The number of hydrogen-bond acceptors (Lipinski definition) is 5. The molecule has 1 amide bonds. The van der Waals surface area contributed by atoms with E-state index in [1.165, 1.54) is 19.4 Å². The van der Waals surface area contributed by atoms with Crippen molar-refractivity contribution >= 4 is 23.0 Å². The van der Waals surface area contributed by atoms with Gasteiger partial charge in [-0.3, -0.25) is 4.79 Å². The number of furan rings is 1. The summed E-state index contributed by atoms with van der Waals surface area (Å²) in [6.45, 7) is 2.28. The van der Waals surface area contributed by atoms with E-state index in [1.54, 1.807) is 23.1 Å². The van der Waals surface area contributed by atoms with E-state index in [0.717, 1.165) is 5.39 Å². The van der Waals surface area contributed by atoms with E-state index in [4.69, 9.17) is 13.9 Å². The highest BCUT2D eigenvalue weighted by molar-refractivity contribution is 5.95. The second-order valence-electron chi connectivity index (χ2n) is 4.96. The molecule has 0 atom stereocenters. The third kappa shape index (κ3) is 2.65. The zero-order chi connectivity index (χ0) is 15.5. The minimum atomic E-state index is -0.103. The summed E-state index contributed by atoms with van der Waals surface area (Å²) in [6, 6.07) is 3.53. The van der Waals surface area contributed by atoms with Crippen molar-refractivity contribution in [3.05, 3.63) is 30.0 Å². The van der Waals surface area contributed by atoms with Gasteiger partial charge in [-0.25, -0.2) is 0 Å². The van der Waals surface area contributed by atoms with E-state index in [9.17, 15) is 9.90 Å². The van der Waals surface area contributed by atoms with E-state index in [-0.39, 0.29) is 17.4 Å². The van der Waals surface area contributed by atoms with Crippen LogP contribution >= 0.6 is 0 Å². The molecular formula is C16H17NO5. The molecule has 0 spiro atoms. The first-order valence-corrected chi connectivity index (χ1v) is 7.02. The molecule has 2 aromatic rings. The van der Waals surface area contributed by atoms with Gasteiger partial charge in [0.2, 0.25) is 11.7 Å². The lowest BCUT2D eigenvalue weighted by Gasteiger charge is -2.25. The molecule has 116 valence electrons. The maximum Gasteiger partial charge on any atom is 0.246 e. The average Bonchev–Trinajstić information content (AvgIpc) is 3.01. The van der Waals surface area contributed by atoms with Crippen LogP contribution in [0.5, 0.6) is 11.5 Å². The molecule has 6 heteroatoms. The summed E-state index contributed by atoms with van der Waals surface area (Å²) >= 11 is 0. The molecule has 0 bridgehead atoms. The topological polar surface area (TPSA) is 72.1 Å². The van der Waals surface area contributed by atoms with Gasteiger partial charge in [0, 0.05) is 30.1 Å². The van der Waals surface area contributed by atoms with E-state index in [2.05, 4.69) is 0 Å². The fourth-order valence-electron chi connectivity index (χ4n) is 2.46. The molecule has 6 nitrogen and oxygen atoms in total. The Morgan fingerprint density at radius 1 is 1.41 bits per heavy atom. The second kappa shape index (κ2) is 6.11. The van der Waals surface area contributed by atoms with Crippen molar-refractivity contribution in [2.24, 2.45) is 0 Å². The third-order valence-electron chi connectivity index (χ3n) is 3.63. The van der Waals surface area contributed by atoms with Gasteiger partial charge >= 0.3 is 0 Å². The number of ether oxygens (including phenoxy) is 2. The Balaban J connectivity index is 1.88. The first-order valence-electron chi connectivity index (χ1n) is 7.02. The molecule has 1 N–H and O–H groups in total. The minimum absolute atomic E-state index is 0.0454. The summed E-state index contributed by atoms with van der Waals surface area (Å²) in [5, 5.41) is 11.0. The summed E-state index contributed by atoms with van der Waals surface area (Å²) < 4.78 is 15.7. The van der Waals surface area contributed by atoms with E-state index in [0.29, 0.717) is 37.4 Å². The smallest absolute Gasteiger partial charge is 0.246 e. The van der Waals surface area contributed by atoms with Gasteiger partial charge in [0.25, 0.3) is 0 Å². The maximum atomic E-state index is 12.1. The number of fused-ring (bicyclic) bond motifs is 1. The zero-order valence-electron chi connectivity index (χ0n) is 12.2. The molecule has 1 aromatic carbocycles. The Kier molecular flexibility index (Phi) is 4.02. The number of carbonyl (C=O) groups excluding carboxylic acids is 1. The first-order chi connectivity index (χ1) is 10.7. The molecule has 1 fully saturated rings. The van der Waals surface area contributed by atoms with Crippen LogP contribution in [0.4, 0.5) is 0 Å². The van der Waals surface area contributed by atoms with Crippen LogP contribution in [-0.2, 0) is 9.53 Å². The Morgan fingerprint density at radius 3 is 2.91 bits per heavy atom. The Hall–Kier alpha value is -2.47. The molecular weight excluding hydrogens is 286 g/mol. The number of nitrogens with zero attached hydrogens (tertiary/aromatic N) is 1. The number of benzene rings is 1. The summed E-state index contributed by atoms with van der Waals surface area (Å²) in [5.41, 5.74) is 0.990. The van der Waals surface area contributed by atoms with Crippen molar-refractivity contribution in [1.82, 2.24) is 4.90 Å².